The van der Waals surface area contributed by atoms with Gasteiger partial charge in [0.2, 0.25) is 53.2 Å². The summed E-state index contributed by atoms with van der Waals surface area (Å²) >= 11 is 0. The number of rotatable bonds is 39. The molecular formula is C68H105N11O16. The van der Waals surface area contributed by atoms with Crippen LogP contribution in [0.3, 0.4) is 0 Å². The van der Waals surface area contributed by atoms with Gasteiger partial charge in [0, 0.05) is 79.3 Å². The van der Waals surface area contributed by atoms with Gasteiger partial charge in [-0.1, -0.05) is 118 Å². The summed E-state index contributed by atoms with van der Waals surface area (Å²) in [6.45, 7) is 16.7. The van der Waals surface area contributed by atoms with E-state index in [2.05, 4.69) is 31.9 Å². The maximum Gasteiger partial charge on any atom is 0.410 e. The van der Waals surface area contributed by atoms with Crippen LogP contribution in [0.15, 0.2) is 54.6 Å². The largest absolute Gasteiger partial charge is 0.480 e. The van der Waals surface area contributed by atoms with Crippen molar-refractivity contribution in [3.8, 4) is 0 Å². The van der Waals surface area contributed by atoms with E-state index in [1.54, 1.807) is 109 Å². The van der Waals surface area contributed by atoms with Crippen molar-refractivity contribution >= 4 is 76.9 Å². The number of likely N-dealkylation sites (tertiary alicyclic amines) is 2. The van der Waals surface area contributed by atoms with Gasteiger partial charge in [0.1, 0.15) is 36.8 Å². The molecule has 2 fully saturated rings. The number of nitrogens with two attached hydrogens (primary N) is 1. The summed E-state index contributed by atoms with van der Waals surface area (Å²) in [6.07, 6.45) is 1.69. The number of carbonyl (C=O) groups is 12. The lowest BCUT2D eigenvalue weighted by molar-refractivity contribution is -0.148. The van der Waals surface area contributed by atoms with Crippen molar-refractivity contribution < 1.29 is 76.9 Å². The van der Waals surface area contributed by atoms with E-state index < -0.39 is 120 Å². The number of carbonyl (C=O) groups excluding carboxylic acids is 11. The molecule has 0 radical (unpaired) electrons. The molecule has 2 saturated heterocycles. The molecule has 2 aromatic rings. The Labute approximate surface area is 559 Å². The Morgan fingerprint density at radius 2 is 1.33 bits per heavy atom. The van der Waals surface area contributed by atoms with E-state index in [1.165, 1.54) is 31.1 Å². The number of ether oxygens (including phenoxy) is 3. The quantitative estimate of drug-likeness (QED) is 0.0327. The molecule has 0 spiro atoms. The smallest absolute Gasteiger partial charge is 0.410 e. The molecule has 4 rings (SSSR count). The normalized spacial score (nSPS) is 17.1. The third-order valence-corrected chi connectivity index (χ3v) is 17.9. The van der Waals surface area contributed by atoms with Crippen LogP contribution >= 0.6 is 0 Å². The molecule has 0 bridgehead atoms. The third kappa shape index (κ3) is 23.9. The molecule has 2 unspecified atom stereocenters. The number of urea groups is 1. The second-order valence-electron chi connectivity index (χ2n) is 26.0. The Kier molecular flexibility index (Phi) is 32.5. The van der Waals surface area contributed by atoms with Crippen LogP contribution in [-0.2, 0) is 75.2 Å². The number of methoxy groups -OCH3 is 2. The van der Waals surface area contributed by atoms with Crippen molar-refractivity contribution in [2.24, 2.45) is 35.3 Å². The van der Waals surface area contributed by atoms with Crippen molar-refractivity contribution in [2.45, 2.75) is 207 Å². The van der Waals surface area contributed by atoms with Crippen molar-refractivity contribution in [1.29, 1.82) is 0 Å². The van der Waals surface area contributed by atoms with E-state index in [1.807, 2.05) is 19.9 Å². The first-order valence-corrected chi connectivity index (χ1v) is 33.2. The fourth-order valence-electron chi connectivity index (χ4n) is 12.3. The van der Waals surface area contributed by atoms with Gasteiger partial charge in [0.25, 0.3) is 0 Å². The fourth-order valence-corrected chi connectivity index (χ4v) is 12.3. The molecular weight excluding hydrogens is 1230 g/mol. The SMILES string of the molecule is CC[C@H](C)[C@@H]([C@@H](CC(=O)N1CCC[C@H]1[C@H](OC)[C@@H](C)C(=O)N[C@@H](Cc1ccccc1)C(=O)O)OC)N(C)C(=O)C(NC(=O)[C@H](C(C)C)N(C)C(=O)OCc1ccc(NC(=O)C(CCCNC(N)=O)NC(=O)[C@@H](NC(=O)CCCCCN2C(=O)CCC2=O)C(C)C)cc1)C(C)C. The van der Waals surface area contributed by atoms with Gasteiger partial charge in [0.05, 0.1) is 36.6 Å². The van der Waals surface area contributed by atoms with Gasteiger partial charge in [0.15, 0.2) is 0 Å². The number of carboxylic acid groups (broad SMARTS) is 1. The van der Waals surface area contributed by atoms with Crippen LogP contribution in [-0.4, -0.2) is 198 Å². The molecule has 95 heavy (non-hydrogen) atoms. The number of hydrogen-bond acceptors (Lipinski definition) is 15. The molecule has 2 aromatic carbocycles. The number of hydrogen-bond donors (Lipinski definition) is 8. The summed E-state index contributed by atoms with van der Waals surface area (Å²) in [5.41, 5.74) is 6.83. The number of unbranched alkanes of at least 4 members (excludes halogenated alkanes) is 2. The average molecular weight is 1330 g/mol. The Hall–Kier alpha value is -8.20. The van der Waals surface area contributed by atoms with Crippen molar-refractivity contribution in [3.05, 3.63) is 65.7 Å². The first kappa shape index (κ1) is 79.2. The average Bonchev–Trinajstić information content (AvgIpc) is 1.81. The predicted molar refractivity (Wildman–Crippen MR) is 354 cm³/mol. The van der Waals surface area contributed by atoms with E-state index >= 15 is 0 Å². The molecule has 11 atom stereocenters. The van der Waals surface area contributed by atoms with Crippen LogP contribution in [0, 0.1) is 29.6 Å². The van der Waals surface area contributed by atoms with Crippen molar-refractivity contribution in [1.82, 2.24) is 46.2 Å². The van der Waals surface area contributed by atoms with Gasteiger partial charge in [-0.15, -0.1) is 0 Å². The van der Waals surface area contributed by atoms with Gasteiger partial charge in [-0.25, -0.2) is 14.4 Å². The molecule has 27 heteroatoms. The van der Waals surface area contributed by atoms with E-state index in [9.17, 15) is 62.6 Å². The molecule has 12 amide bonds. The molecule has 528 valence electrons. The number of imide groups is 1. The summed E-state index contributed by atoms with van der Waals surface area (Å²) in [7, 11) is 5.97. The number of primary amides is 1. The highest BCUT2D eigenvalue weighted by Crippen LogP contribution is 2.30. The molecule has 0 aliphatic carbocycles. The lowest BCUT2D eigenvalue weighted by atomic mass is 9.89. The van der Waals surface area contributed by atoms with Crippen LogP contribution in [0.5, 0.6) is 0 Å². The first-order valence-electron chi connectivity index (χ1n) is 33.2. The Morgan fingerprint density at radius 3 is 1.89 bits per heavy atom. The summed E-state index contributed by atoms with van der Waals surface area (Å²) in [4.78, 5) is 165. The lowest BCUT2D eigenvalue weighted by Gasteiger charge is -2.41. The predicted octanol–water partition coefficient (Wildman–Crippen LogP) is 4.87. The van der Waals surface area contributed by atoms with Gasteiger partial charge in [-0.05, 0) is 85.5 Å². The topological polar surface area (TPSA) is 364 Å². The summed E-state index contributed by atoms with van der Waals surface area (Å²) in [5.74, 6) is -7.34. The Bertz CT molecular complexity index is 2900. The number of anilines is 1. The molecule has 2 aliphatic rings. The number of nitrogens with zero attached hydrogens (tertiary/aromatic N) is 4. The fraction of sp³-hybridized carbons (Fsp3) is 0.647. The summed E-state index contributed by atoms with van der Waals surface area (Å²) in [6, 6.07) is 7.90. The maximum absolute atomic E-state index is 14.8. The molecule has 2 aliphatic heterocycles. The standard InChI is InChI=1S/C68H105N11O16/c1-14-43(8)59(51(93-12)38-55(83)78-36-22-26-50(78)60(94-13)44(9)61(84)73-49(66(89)90)37-45-23-17-15-18-24-45)76(10)65(88)57(41(4)5)75-64(87)58(42(6)7)77(11)68(92)95-39-46-28-30-47(31-29-46)71-62(85)48(25-21-34-70-67(69)91)72-63(86)56(40(2)3)74-52(80)27-19-16-20-35-79-53(81)32-33-54(79)82/h15,17-18,23-24,28-31,40-44,48-51,56-60H,14,16,19-22,25-27,32-39H2,1-13H3,(H,71,85)(H,72,86)(H,73,84)(H,74,80)(H,75,87)(H,89,90)(H3,69,70,91)/t43-,44+,48?,49-,50-,51+,56-,57?,58-,59-,60+/m0/s1. The second-order valence-corrected chi connectivity index (χ2v) is 26.0. The number of carboxylic acids is 1. The number of aliphatic carboxylic acids is 1. The number of nitrogens with one attached hydrogen (secondary N) is 6. The minimum atomic E-state index is -1.19. The van der Waals surface area contributed by atoms with Crippen LogP contribution < -0.4 is 37.6 Å². The molecule has 27 nitrogen and oxygen atoms in total. The van der Waals surface area contributed by atoms with E-state index in [0.717, 1.165) is 10.5 Å². The van der Waals surface area contributed by atoms with Crippen molar-refractivity contribution in [3.63, 3.8) is 0 Å². The number of amides is 12. The maximum atomic E-state index is 14.8. The van der Waals surface area contributed by atoms with E-state index in [-0.39, 0.29) is 93.6 Å². The lowest BCUT2D eigenvalue weighted by Crippen LogP contribution is -2.60. The Morgan fingerprint density at radius 1 is 0.695 bits per heavy atom. The molecule has 0 saturated carbocycles. The van der Waals surface area contributed by atoms with Crippen LogP contribution in [0.25, 0.3) is 0 Å². The minimum absolute atomic E-state index is 0.0757. The van der Waals surface area contributed by atoms with Gasteiger partial charge < -0.3 is 66.8 Å². The molecule has 0 aromatic heterocycles. The van der Waals surface area contributed by atoms with Crippen LogP contribution in [0.2, 0.25) is 0 Å². The number of benzene rings is 2. The summed E-state index contributed by atoms with van der Waals surface area (Å²) in [5, 5.41) is 26.4. The highest BCUT2D eigenvalue weighted by molar-refractivity contribution is 6.02. The summed E-state index contributed by atoms with van der Waals surface area (Å²) < 4.78 is 17.7. The van der Waals surface area contributed by atoms with Gasteiger partial charge in [-0.3, -0.25) is 53.0 Å². The highest BCUT2D eigenvalue weighted by atomic mass is 16.6. The zero-order valence-electron chi connectivity index (χ0n) is 57.7. The Balaban J connectivity index is 1.38. The monoisotopic (exact) mass is 1330 g/mol. The van der Waals surface area contributed by atoms with Gasteiger partial charge in [-0.2, -0.15) is 0 Å². The zero-order valence-corrected chi connectivity index (χ0v) is 57.7. The van der Waals surface area contributed by atoms with E-state index in [0.29, 0.717) is 62.9 Å². The number of likely N-dealkylation sites (N-methyl/N-ethyl adjacent to an activating group) is 2. The van der Waals surface area contributed by atoms with Gasteiger partial charge >= 0.3 is 18.1 Å². The molecule has 9 N–H and O–H groups in total. The highest BCUT2D eigenvalue weighted by Gasteiger charge is 2.44. The zero-order chi connectivity index (χ0) is 70.8. The van der Waals surface area contributed by atoms with Crippen LogP contribution in [0.4, 0.5) is 15.3 Å². The molecule has 2 heterocycles. The van der Waals surface area contributed by atoms with E-state index in [4.69, 9.17) is 19.9 Å². The van der Waals surface area contributed by atoms with Crippen LogP contribution in [0.1, 0.15) is 150 Å². The minimum Gasteiger partial charge on any atom is -0.480 e. The van der Waals surface area contributed by atoms with Crippen molar-refractivity contribution in [2.75, 3.05) is 53.3 Å². The first-order chi connectivity index (χ1) is 44.9. The third-order valence-electron chi connectivity index (χ3n) is 17.9. The second kappa shape index (κ2) is 39.0.